The van der Waals surface area contributed by atoms with Crippen LogP contribution in [0.5, 0.6) is 5.75 Å². The highest BCUT2D eigenvalue weighted by molar-refractivity contribution is 9.10. The summed E-state index contributed by atoms with van der Waals surface area (Å²) in [7, 11) is 0. The number of hydrogen-bond acceptors (Lipinski definition) is 5. The molecule has 0 unspecified atom stereocenters. The van der Waals surface area contributed by atoms with E-state index in [1.54, 1.807) is 36.4 Å². The first-order valence-electron chi connectivity index (χ1n) is 9.10. The molecule has 0 fully saturated rings. The van der Waals surface area contributed by atoms with Gasteiger partial charge in [-0.2, -0.15) is 5.10 Å². The van der Waals surface area contributed by atoms with Gasteiger partial charge in [0.2, 0.25) is 0 Å². The number of halogens is 4. The Balaban J connectivity index is 1.67. The molecule has 7 nitrogen and oxygen atoms in total. The molecule has 168 valence electrons. The Morgan fingerprint density at radius 2 is 1.64 bits per heavy atom. The molecule has 3 aromatic carbocycles. The van der Waals surface area contributed by atoms with Gasteiger partial charge in [-0.1, -0.05) is 62.9 Å². The summed E-state index contributed by atoms with van der Waals surface area (Å²) in [6.45, 7) is 0. The van der Waals surface area contributed by atoms with E-state index < -0.39 is 17.8 Å². The Kier molecular flexibility index (Phi) is 8.46. The topological polar surface area (TPSA) is 96.9 Å². The molecule has 3 aromatic rings. The van der Waals surface area contributed by atoms with E-state index in [0.29, 0.717) is 15.1 Å². The van der Waals surface area contributed by atoms with Crippen LogP contribution < -0.4 is 15.5 Å². The van der Waals surface area contributed by atoms with Crippen LogP contribution in [0.1, 0.15) is 15.9 Å². The van der Waals surface area contributed by atoms with Gasteiger partial charge in [0, 0.05) is 15.7 Å². The van der Waals surface area contributed by atoms with Crippen molar-refractivity contribution in [3.05, 3.63) is 91.3 Å². The van der Waals surface area contributed by atoms with E-state index in [9.17, 15) is 14.4 Å². The fourth-order valence-electron chi connectivity index (χ4n) is 2.47. The first-order valence-corrected chi connectivity index (χ1v) is 11.0. The molecule has 11 heteroatoms. The number of benzene rings is 3. The molecule has 0 saturated heterocycles. The molecule has 0 aliphatic carbocycles. The van der Waals surface area contributed by atoms with Crippen molar-refractivity contribution in [3.63, 3.8) is 0 Å². The molecule has 2 N–H and O–H groups in total. The molecule has 0 aliphatic rings. The summed E-state index contributed by atoms with van der Waals surface area (Å²) < 4.78 is 6.09. The van der Waals surface area contributed by atoms with E-state index >= 15 is 0 Å². The van der Waals surface area contributed by atoms with Gasteiger partial charge in [-0.3, -0.25) is 9.59 Å². The van der Waals surface area contributed by atoms with Gasteiger partial charge in [0.05, 0.1) is 26.8 Å². The van der Waals surface area contributed by atoms with Gasteiger partial charge in [-0.05, 0) is 48.5 Å². The fourth-order valence-corrected chi connectivity index (χ4v) is 3.36. The maximum absolute atomic E-state index is 12.5. The number of rotatable bonds is 5. The monoisotopic (exact) mass is 567 g/mol. The number of hydrogen-bond donors (Lipinski definition) is 2. The Morgan fingerprint density at radius 3 is 2.36 bits per heavy atom. The number of esters is 1. The normalized spacial score (nSPS) is 10.7. The fraction of sp³-hybridized carbons (Fsp3) is 0. The molecule has 0 bridgehead atoms. The molecule has 0 aromatic heterocycles. The van der Waals surface area contributed by atoms with Gasteiger partial charge in [-0.25, -0.2) is 10.2 Å². The largest absolute Gasteiger partial charge is 0.422 e. The number of nitrogens with zero attached hydrogens (tertiary/aromatic N) is 1. The SMILES string of the molecule is O=C(N/N=C\c1cc(Br)ccc1OC(=O)c1ccccc1Cl)C(=O)Nc1ccc(Cl)c(Cl)c1. The zero-order valence-corrected chi connectivity index (χ0v) is 20.3. The van der Waals surface area contributed by atoms with Gasteiger partial charge in [-0.15, -0.1) is 0 Å². The Morgan fingerprint density at radius 1 is 0.879 bits per heavy atom. The molecule has 2 amide bonds. The number of ether oxygens (including phenoxy) is 1. The van der Waals surface area contributed by atoms with Crippen molar-refractivity contribution < 1.29 is 19.1 Å². The molecular weight excluding hydrogens is 557 g/mol. The molecule has 0 saturated carbocycles. The lowest BCUT2D eigenvalue weighted by molar-refractivity contribution is -0.136. The average molecular weight is 570 g/mol. The van der Waals surface area contributed by atoms with Crippen molar-refractivity contribution in [1.29, 1.82) is 0 Å². The van der Waals surface area contributed by atoms with E-state index in [2.05, 4.69) is 31.8 Å². The van der Waals surface area contributed by atoms with Crippen LogP contribution in [-0.4, -0.2) is 24.0 Å². The zero-order valence-electron chi connectivity index (χ0n) is 16.4. The van der Waals surface area contributed by atoms with Crippen LogP contribution in [0.2, 0.25) is 15.1 Å². The van der Waals surface area contributed by atoms with Crippen LogP contribution in [0.4, 0.5) is 5.69 Å². The van der Waals surface area contributed by atoms with E-state index in [4.69, 9.17) is 39.5 Å². The lowest BCUT2D eigenvalue weighted by atomic mass is 10.2. The Bertz CT molecular complexity index is 1270. The Hall–Kier alpha value is -2.91. The lowest BCUT2D eigenvalue weighted by Gasteiger charge is -2.09. The van der Waals surface area contributed by atoms with Crippen LogP contribution in [0.3, 0.4) is 0 Å². The molecular formula is C22H13BrCl3N3O4. The number of amides is 2. The summed E-state index contributed by atoms with van der Waals surface area (Å²) in [5.41, 5.74) is 2.94. The molecule has 0 aliphatic heterocycles. The van der Waals surface area contributed by atoms with E-state index in [-0.39, 0.29) is 27.0 Å². The van der Waals surface area contributed by atoms with Crippen LogP contribution in [0.15, 0.2) is 70.2 Å². The smallest absolute Gasteiger partial charge is 0.345 e. The number of carbonyl (C=O) groups excluding carboxylic acids is 3. The van der Waals surface area contributed by atoms with Crippen molar-refractivity contribution in [1.82, 2.24) is 5.43 Å². The molecule has 3 rings (SSSR count). The number of nitrogens with one attached hydrogen (secondary N) is 2. The second-order valence-corrected chi connectivity index (χ2v) is 8.47. The van der Waals surface area contributed by atoms with Crippen molar-refractivity contribution in [2.75, 3.05) is 5.32 Å². The third-order valence-corrected chi connectivity index (χ3v) is 5.58. The standard InChI is InChI=1S/C22H13BrCl3N3O4/c23-13-5-8-19(33-22(32)15-3-1-2-4-16(15)24)12(9-13)11-27-29-21(31)20(30)28-14-6-7-17(25)18(26)10-14/h1-11H,(H,28,30)(H,29,31)/b27-11-. The number of carbonyl (C=O) groups is 3. The van der Waals surface area contributed by atoms with E-state index in [1.165, 1.54) is 30.5 Å². The van der Waals surface area contributed by atoms with Crippen molar-refractivity contribution in [2.24, 2.45) is 5.10 Å². The summed E-state index contributed by atoms with van der Waals surface area (Å²) in [6, 6.07) is 15.6. The zero-order chi connectivity index (χ0) is 24.0. The summed E-state index contributed by atoms with van der Waals surface area (Å²) in [5.74, 6) is -2.49. The first kappa shape index (κ1) is 24.7. The van der Waals surface area contributed by atoms with E-state index in [1.807, 2.05) is 0 Å². The third kappa shape index (κ3) is 6.79. The maximum Gasteiger partial charge on any atom is 0.345 e. The number of hydrazone groups is 1. The lowest BCUT2D eigenvalue weighted by Crippen LogP contribution is -2.32. The quantitative estimate of drug-likeness (QED) is 0.135. The summed E-state index contributed by atoms with van der Waals surface area (Å²) >= 11 is 21.1. The van der Waals surface area contributed by atoms with Gasteiger partial charge in [0.1, 0.15) is 5.75 Å². The predicted molar refractivity (Wildman–Crippen MR) is 131 cm³/mol. The number of anilines is 1. The van der Waals surface area contributed by atoms with Gasteiger partial charge < -0.3 is 10.1 Å². The molecule has 33 heavy (non-hydrogen) atoms. The minimum Gasteiger partial charge on any atom is -0.422 e. The summed E-state index contributed by atoms with van der Waals surface area (Å²) in [6.07, 6.45) is 1.23. The molecule has 0 atom stereocenters. The van der Waals surface area contributed by atoms with Crippen LogP contribution in [0.25, 0.3) is 0 Å². The molecule has 0 spiro atoms. The molecule has 0 heterocycles. The van der Waals surface area contributed by atoms with Gasteiger partial charge in [0.15, 0.2) is 0 Å². The van der Waals surface area contributed by atoms with Crippen molar-refractivity contribution >= 4 is 80.4 Å². The van der Waals surface area contributed by atoms with E-state index in [0.717, 1.165) is 0 Å². The van der Waals surface area contributed by atoms with Crippen LogP contribution in [-0.2, 0) is 9.59 Å². The van der Waals surface area contributed by atoms with Crippen LogP contribution >= 0.6 is 50.7 Å². The maximum atomic E-state index is 12.5. The first-order chi connectivity index (χ1) is 15.7. The minimum atomic E-state index is -1.03. The van der Waals surface area contributed by atoms with Crippen molar-refractivity contribution in [2.45, 2.75) is 0 Å². The highest BCUT2D eigenvalue weighted by Crippen LogP contribution is 2.25. The highest BCUT2D eigenvalue weighted by Gasteiger charge is 2.16. The summed E-state index contributed by atoms with van der Waals surface area (Å²) in [4.78, 5) is 36.5. The molecule has 0 radical (unpaired) electrons. The van der Waals surface area contributed by atoms with Crippen LogP contribution in [0, 0.1) is 0 Å². The van der Waals surface area contributed by atoms with Gasteiger partial charge in [0.25, 0.3) is 0 Å². The second-order valence-electron chi connectivity index (χ2n) is 6.33. The highest BCUT2D eigenvalue weighted by atomic mass is 79.9. The van der Waals surface area contributed by atoms with Crippen molar-refractivity contribution in [3.8, 4) is 5.75 Å². The third-order valence-electron chi connectivity index (χ3n) is 4.02. The minimum absolute atomic E-state index is 0.168. The van der Waals surface area contributed by atoms with Gasteiger partial charge >= 0.3 is 17.8 Å². The average Bonchev–Trinajstić information content (AvgIpc) is 2.78. The Labute approximate surface area is 211 Å². The predicted octanol–water partition coefficient (Wildman–Crippen LogP) is 5.72. The second kappa shape index (κ2) is 11.3. The summed E-state index contributed by atoms with van der Waals surface area (Å²) in [5, 5.41) is 6.91.